The minimum atomic E-state index is -0.566. The van der Waals surface area contributed by atoms with Gasteiger partial charge in [0.25, 0.3) is 0 Å². The fourth-order valence-corrected chi connectivity index (χ4v) is 3.03. The highest BCUT2D eigenvalue weighted by Crippen LogP contribution is 2.25. The highest BCUT2D eigenvalue weighted by atomic mass is 32.2. The zero-order chi connectivity index (χ0) is 14.4. The van der Waals surface area contributed by atoms with Gasteiger partial charge in [0.1, 0.15) is 6.04 Å². The van der Waals surface area contributed by atoms with Gasteiger partial charge in [-0.1, -0.05) is 43.9 Å². The highest BCUT2D eigenvalue weighted by molar-refractivity contribution is 8.01. The first-order valence-corrected chi connectivity index (χ1v) is 7.78. The third-order valence-electron chi connectivity index (χ3n) is 2.21. The van der Waals surface area contributed by atoms with Crippen LogP contribution in [0, 0.1) is 5.92 Å². The molecule has 2 amide bonds. The van der Waals surface area contributed by atoms with Crippen LogP contribution in [0.3, 0.4) is 0 Å². The summed E-state index contributed by atoms with van der Waals surface area (Å²) in [6, 6.07) is -0.566. The molecule has 2 N–H and O–H groups in total. The number of carbonyl (C=O) groups excluding carboxylic acids is 2. The quantitative estimate of drug-likeness (QED) is 0.618. The SMILES string of the molecule is CCSc1nnc(NC(=O)C(NC(C)=O)C(C)C)s1. The molecule has 0 spiro atoms. The van der Waals surface area contributed by atoms with E-state index in [1.165, 1.54) is 18.3 Å². The summed E-state index contributed by atoms with van der Waals surface area (Å²) in [4.78, 5) is 23.1. The number of hydrogen-bond donors (Lipinski definition) is 2. The van der Waals surface area contributed by atoms with Crippen molar-refractivity contribution in [3.63, 3.8) is 0 Å². The van der Waals surface area contributed by atoms with Gasteiger partial charge in [-0.15, -0.1) is 10.2 Å². The Bertz CT molecular complexity index is 448. The molecule has 0 saturated carbocycles. The van der Waals surface area contributed by atoms with Crippen molar-refractivity contribution in [1.29, 1.82) is 0 Å². The number of anilines is 1. The first-order valence-electron chi connectivity index (χ1n) is 5.98. The number of thioether (sulfide) groups is 1. The Balaban J connectivity index is 2.67. The Hall–Kier alpha value is -1.15. The van der Waals surface area contributed by atoms with Crippen LogP contribution in [0.4, 0.5) is 5.13 Å². The van der Waals surface area contributed by atoms with E-state index in [2.05, 4.69) is 20.8 Å². The van der Waals surface area contributed by atoms with Crippen molar-refractivity contribution in [1.82, 2.24) is 15.5 Å². The van der Waals surface area contributed by atoms with Crippen LogP contribution in [0.25, 0.3) is 0 Å². The van der Waals surface area contributed by atoms with Gasteiger partial charge in [-0.2, -0.15) is 0 Å². The summed E-state index contributed by atoms with van der Waals surface area (Å²) in [5.74, 6) is 0.410. The van der Waals surface area contributed by atoms with Gasteiger partial charge in [0, 0.05) is 6.92 Å². The zero-order valence-corrected chi connectivity index (χ0v) is 13.0. The third kappa shape index (κ3) is 5.15. The van der Waals surface area contributed by atoms with Gasteiger partial charge < -0.3 is 5.32 Å². The second-order valence-electron chi connectivity index (χ2n) is 4.22. The molecule has 0 saturated heterocycles. The maximum atomic E-state index is 12.1. The number of aromatic nitrogens is 2. The number of rotatable bonds is 6. The molecule has 1 heterocycles. The van der Waals surface area contributed by atoms with Crippen molar-refractivity contribution in [2.75, 3.05) is 11.1 Å². The molecule has 0 aliphatic rings. The molecule has 19 heavy (non-hydrogen) atoms. The van der Waals surface area contributed by atoms with Crippen LogP contribution in [0.2, 0.25) is 0 Å². The molecule has 0 aromatic carbocycles. The molecular weight excluding hydrogens is 284 g/mol. The minimum Gasteiger partial charge on any atom is -0.344 e. The van der Waals surface area contributed by atoms with Crippen LogP contribution in [0.1, 0.15) is 27.7 Å². The Morgan fingerprint density at radius 2 is 2.05 bits per heavy atom. The average molecular weight is 302 g/mol. The Kier molecular flexibility index (Phi) is 6.23. The molecule has 106 valence electrons. The van der Waals surface area contributed by atoms with E-state index in [9.17, 15) is 9.59 Å². The maximum Gasteiger partial charge on any atom is 0.249 e. The fraction of sp³-hybridized carbons (Fsp3) is 0.636. The van der Waals surface area contributed by atoms with Crippen LogP contribution in [0.15, 0.2) is 4.34 Å². The van der Waals surface area contributed by atoms with Crippen molar-refractivity contribution in [3.8, 4) is 0 Å². The fourth-order valence-electron chi connectivity index (χ4n) is 1.38. The Morgan fingerprint density at radius 1 is 1.37 bits per heavy atom. The van der Waals surface area contributed by atoms with Crippen molar-refractivity contribution in [2.24, 2.45) is 5.92 Å². The van der Waals surface area contributed by atoms with Gasteiger partial charge >= 0.3 is 0 Å². The van der Waals surface area contributed by atoms with Crippen LogP contribution in [-0.4, -0.2) is 33.8 Å². The van der Waals surface area contributed by atoms with E-state index < -0.39 is 6.04 Å². The lowest BCUT2D eigenvalue weighted by molar-refractivity contribution is -0.126. The number of carbonyl (C=O) groups is 2. The molecule has 0 aliphatic carbocycles. The molecule has 1 atom stereocenters. The maximum absolute atomic E-state index is 12.1. The molecule has 1 aromatic rings. The summed E-state index contributed by atoms with van der Waals surface area (Å²) in [6.45, 7) is 7.16. The van der Waals surface area contributed by atoms with Crippen molar-refractivity contribution < 1.29 is 9.59 Å². The van der Waals surface area contributed by atoms with Crippen molar-refractivity contribution in [3.05, 3.63) is 0 Å². The summed E-state index contributed by atoms with van der Waals surface area (Å²) in [6.07, 6.45) is 0. The van der Waals surface area contributed by atoms with E-state index in [0.29, 0.717) is 5.13 Å². The van der Waals surface area contributed by atoms with Crippen LogP contribution < -0.4 is 10.6 Å². The van der Waals surface area contributed by atoms with Gasteiger partial charge in [0.05, 0.1) is 0 Å². The Morgan fingerprint density at radius 3 is 2.58 bits per heavy atom. The first kappa shape index (κ1) is 15.9. The molecule has 0 bridgehead atoms. The predicted molar refractivity (Wildman–Crippen MR) is 77.4 cm³/mol. The van der Waals surface area contributed by atoms with Crippen LogP contribution >= 0.6 is 23.1 Å². The number of nitrogens with zero attached hydrogens (tertiary/aromatic N) is 2. The van der Waals surface area contributed by atoms with Gasteiger partial charge in [-0.25, -0.2) is 0 Å². The average Bonchev–Trinajstić information content (AvgIpc) is 2.73. The smallest absolute Gasteiger partial charge is 0.249 e. The number of nitrogens with one attached hydrogen (secondary N) is 2. The van der Waals surface area contributed by atoms with Crippen LogP contribution in [-0.2, 0) is 9.59 Å². The van der Waals surface area contributed by atoms with Crippen molar-refractivity contribution >= 4 is 40.0 Å². The van der Waals surface area contributed by atoms with Crippen LogP contribution in [0.5, 0.6) is 0 Å². The summed E-state index contributed by atoms with van der Waals surface area (Å²) < 4.78 is 0.818. The van der Waals surface area contributed by atoms with E-state index in [1.54, 1.807) is 11.8 Å². The molecule has 6 nitrogen and oxygen atoms in total. The van der Waals surface area contributed by atoms with E-state index in [4.69, 9.17) is 0 Å². The number of hydrogen-bond acceptors (Lipinski definition) is 6. The Labute approximate surface area is 120 Å². The lowest BCUT2D eigenvalue weighted by Gasteiger charge is -2.19. The lowest BCUT2D eigenvalue weighted by Crippen LogP contribution is -2.46. The standard InChI is InChI=1S/C11H18N4O2S2/c1-5-18-11-15-14-10(19-11)13-9(17)8(6(2)3)12-7(4)16/h6,8H,5H2,1-4H3,(H,12,16)(H,13,14,17). The van der Waals surface area contributed by atoms with Gasteiger partial charge in [0.15, 0.2) is 4.34 Å². The highest BCUT2D eigenvalue weighted by Gasteiger charge is 2.24. The predicted octanol–water partition coefficient (Wildman–Crippen LogP) is 1.75. The lowest BCUT2D eigenvalue weighted by atomic mass is 10.0. The van der Waals surface area contributed by atoms with E-state index >= 15 is 0 Å². The summed E-state index contributed by atoms with van der Waals surface area (Å²) in [7, 11) is 0. The second-order valence-corrected chi connectivity index (χ2v) is 6.71. The molecule has 1 aromatic heterocycles. The third-order valence-corrected chi connectivity index (χ3v) is 4.07. The summed E-state index contributed by atoms with van der Waals surface area (Å²) >= 11 is 2.90. The largest absolute Gasteiger partial charge is 0.344 e. The molecule has 1 rings (SSSR count). The zero-order valence-electron chi connectivity index (χ0n) is 11.4. The monoisotopic (exact) mass is 302 g/mol. The topological polar surface area (TPSA) is 84.0 Å². The van der Waals surface area contributed by atoms with Gasteiger partial charge in [-0.3, -0.25) is 14.9 Å². The van der Waals surface area contributed by atoms with Gasteiger partial charge in [0.2, 0.25) is 16.9 Å². The van der Waals surface area contributed by atoms with E-state index in [-0.39, 0.29) is 17.7 Å². The molecule has 0 radical (unpaired) electrons. The molecule has 0 aliphatic heterocycles. The minimum absolute atomic E-state index is 0.00121. The molecule has 0 fully saturated rings. The second kappa shape index (κ2) is 7.44. The normalized spacial score (nSPS) is 12.3. The number of amides is 2. The first-order chi connectivity index (χ1) is 8.93. The summed E-state index contributed by atoms with van der Waals surface area (Å²) in [5.41, 5.74) is 0. The molecular formula is C11H18N4O2S2. The summed E-state index contributed by atoms with van der Waals surface area (Å²) in [5, 5.41) is 13.6. The van der Waals surface area contributed by atoms with Gasteiger partial charge in [-0.05, 0) is 11.7 Å². The molecule has 1 unspecified atom stereocenters. The van der Waals surface area contributed by atoms with Crippen molar-refractivity contribution in [2.45, 2.75) is 38.1 Å². The van der Waals surface area contributed by atoms with E-state index in [1.807, 2.05) is 20.8 Å². The molecule has 8 heteroatoms. The van der Waals surface area contributed by atoms with E-state index in [0.717, 1.165) is 10.1 Å².